The lowest BCUT2D eigenvalue weighted by Gasteiger charge is -2.09. The molecule has 5 nitrogen and oxygen atoms in total. The van der Waals surface area contributed by atoms with Crippen molar-refractivity contribution in [3.8, 4) is 5.75 Å². The molecule has 3 aromatic rings. The van der Waals surface area contributed by atoms with Gasteiger partial charge < -0.3 is 9.84 Å². The lowest BCUT2D eigenvalue weighted by Crippen LogP contribution is -2.17. The normalized spacial score (nSPS) is 19.2. The van der Waals surface area contributed by atoms with Crippen molar-refractivity contribution < 1.29 is 23.0 Å². The van der Waals surface area contributed by atoms with Crippen LogP contribution in [0.15, 0.2) is 35.1 Å². The van der Waals surface area contributed by atoms with E-state index >= 15 is 0 Å². The quantitative estimate of drug-likeness (QED) is 0.696. The number of nitrogens with zero attached hydrogens (tertiary/aromatic N) is 2. The lowest BCUT2D eigenvalue weighted by atomic mass is 10.2. The number of hydrogen-bond donors (Lipinski definition) is 1. The zero-order valence-electron chi connectivity index (χ0n) is 14.9. The fourth-order valence-corrected chi connectivity index (χ4v) is 4.39. The summed E-state index contributed by atoms with van der Waals surface area (Å²) in [7, 11) is 0. The van der Waals surface area contributed by atoms with Gasteiger partial charge in [0.1, 0.15) is 12.4 Å². The van der Waals surface area contributed by atoms with Gasteiger partial charge in [-0.1, -0.05) is 0 Å². The summed E-state index contributed by atoms with van der Waals surface area (Å²) in [5.41, 5.74) is 0.346. The van der Waals surface area contributed by atoms with Gasteiger partial charge in [0.2, 0.25) is 0 Å². The number of aliphatic hydroxyl groups is 1. The molecule has 0 radical (unpaired) electrons. The van der Waals surface area contributed by atoms with E-state index in [-0.39, 0.29) is 36.4 Å². The Morgan fingerprint density at radius 2 is 2.04 bits per heavy atom. The van der Waals surface area contributed by atoms with Gasteiger partial charge in [0.05, 0.1) is 11.3 Å². The molecular formula is C19H17F3N2O3S. The fourth-order valence-electron chi connectivity index (χ4n) is 3.33. The minimum absolute atomic E-state index is 0.0217. The summed E-state index contributed by atoms with van der Waals surface area (Å²) >= 11 is 1.40. The van der Waals surface area contributed by atoms with Crippen molar-refractivity contribution in [1.82, 2.24) is 9.38 Å². The first kappa shape index (κ1) is 18.9. The van der Waals surface area contributed by atoms with E-state index in [0.29, 0.717) is 10.7 Å². The minimum atomic E-state index is -4.40. The Kier molecular flexibility index (Phi) is 4.67. The van der Waals surface area contributed by atoms with Crippen LogP contribution in [0.4, 0.5) is 13.2 Å². The van der Waals surface area contributed by atoms with Crippen LogP contribution < -0.4 is 10.3 Å². The molecule has 0 bridgehead atoms. The minimum Gasteiger partial charge on any atom is -0.487 e. The number of hydrogen-bond acceptors (Lipinski definition) is 5. The van der Waals surface area contributed by atoms with Gasteiger partial charge in [-0.3, -0.25) is 9.20 Å². The molecule has 1 fully saturated rings. The molecule has 0 saturated heterocycles. The van der Waals surface area contributed by atoms with Crippen molar-refractivity contribution in [2.75, 3.05) is 6.61 Å². The molecule has 2 atom stereocenters. The van der Waals surface area contributed by atoms with Crippen LogP contribution in [-0.4, -0.2) is 21.1 Å². The molecule has 1 saturated carbocycles. The van der Waals surface area contributed by atoms with Crippen molar-refractivity contribution in [3.05, 3.63) is 62.5 Å². The van der Waals surface area contributed by atoms with Crippen LogP contribution in [-0.2, 0) is 12.8 Å². The average molecular weight is 410 g/mol. The van der Waals surface area contributed by atoms with Gasteiger partial charge in [-0.05, 0) is 43.5 Å². The second-order valence-electron chi connectivity index (χ2n) is 6.84. The van der Waals surface area contributed by atoms with Crippen LogP contribution >= 0.6 is 11.3 Å². The van der Waals surface area contributed by atoms with Crippen molar-refractivity contribution in [3.63, 3.8) is 0 Å². The van der Waals surface area contributed by atoms with Gasteiger partial charge >= 0.3 is 6.18 Å². The summed E-state index contributed by atoms with van der Waals surface area (Å²) in [6.45, 7) is 2.01. The molecule has 0 spiro atoms. The Morgan fingerprint density at radius 1 is 1.32 bits per heavy atom. The van der Waals surface area contributed by atoms with Gasteiger partial charge in [0.25, 0.3) is 5.56 Å². The summed E-state index contributed by atoms with van der Waals surface area (Å²) in [5, 5.41) is 9.31. The predicted molar refractivity (Wildman–Crippen MR) is 97.8 cm³/mol. The molecule has 1 aliphatic rings. The summed E-state index contributed by atoms with van der Waals surface area (Å²) in [6.07, 6.45) is -3.54. The van der Waals surface area contributed by atoms with Crippen LogP contribution in [0.1, 0.15) is 34.2 Å². The van der Waals surface area contributed by atoms with E-state index in [1.165, 1.54) is 29.5 Å². The van der Waals surface area contributed by atoms with Crippen molar-refractivity contribution in [2.24, 2.45) is 5.92 Å². The number of aromatic nitrogens is 2. The van der Waals surface area contributed by atoms with Gasteiger partial charge in [-0.15, -0.1) is 11.3 Å². The van der Waals surface area contributed by atoms with Crippen LogP contribution in [0.2, 0.25) is 0 Å². The Morgan fingerprint density at radius 3 is 2.64 bits per heavy atom. The smallest absolute Gasteiger partial charge is 0.416 e. The summed E-state index contributed by atoms with van der Waals surface area (Å²) in [4.78, 5) is 18.6. The van der Waals surface area contributed by atoms with Crippen molar-refractivity contribution >= 4 is 16.3 Å². The number of thiazole rings is 1. The molecule has 2 heterocycles. The summed E-state index contributed by atoms with van der Waals surface area (Å²) in [5.74, 6) is 0.625. The molecule has 4 rings (SSSR count). The van der Waals surface area contributed by atoms with Gasteiger partial charge in [0, 0.05) is 29.2 Å². The maximum Gasteiger partial charge on any atom is 0.416 e. The Bertz CT molecular complexity index is 1070. The van der Waals surface area contributed by atoms with E-state index in [1.54, 1.807) is 4.40 Å². The van der Waals surface area contributed by atoms with Crippen LogP contribution in [0.25, 0.3) is 4.96 Å². The zero-order valence-corrected chi connectivity index (χ0v) is 15.7. The summed E-state index contributed by atoms with van der Waals surface area (Å²) < 4.78 is 44.9. The molecule has 0 amide bonds. The molecule has 0 unspecified atom stereocenters. The number of benzene rings is 1. The standard InChI is InChI=1S/C19H17F3N2O3S/c1-10-17(15-6-11(15)8-25)24-16(26)7-13(23-18(24)28-10)9-27-14-4-2-12(3-5-14)19(20,21)22/h2-5,7,11,15,25H,6,8-9H2,1H3/t11-,15+/m0/s1. The molecule has 9 heteroatoms. The first-order chi connectivity index (χ1) is 13.3. The number of rotatable bonds is 5. The van der Waals surface area contributed by atoms with E-state index in [0.717, 1.165) is 29.1 Å². The van der Waals surface area contributed by atoms with E-state index in [2.05, 4.69) is 4.98 Å². The predicted octanol–water partition coefficient (Wildman–Crippen LogP) is 3.76. The molecule has 1 aromatic carbocycles. The second-order valence-corrected chi connectivity index (χ2v) is 8.02. The number of alkyl halides is 3. The number of fused-ring (bicyclic) bond motifs is 1. The zero-order chi connectivity index (χ0) is 20.1. The Hall–Kier alpha value is -2.39. The van der Waals surface area contributed by atoms with E-state index in [9.17, 15) is 23.1 Å². The van der Waals surface area contributed by atoms with Gasteiger partial charge in [-0.2, -0.15) is 13.2 Å². The van der Waals surface area contributed by atoms with Crippen LogP contribution in [0.5, 0.6) is 5.75 Å². The van der Waals surface area contributed by atoms with Gasteiger partial charge in [0.15, 0.2) is 4.96 Å². The third kappa shape index (κ3) is 3.51. The molecular weight excluding hydrogens is 393 g/mol. The third-order valence-electron chi connectivity index (χ3n) is 4.86. The molecule has 2 aromatic heterocycles. The number of halogens is 3. The summed E-state index contributed by atoms with van der Waals surface area (Å²) in [6, 6.07) is 5.75. The van der Waals surface area contributed by atoms with Crippen molar-refractivity contribution in [2.45, 2.75) is 32.0 Å². The molecule has 1 N–H and O–H groups in total. The fraction of sp³-hybridized carbons (Fsp3) is 0.368. The second kappa shape index (κ2) is 6.89. The maximum absolute atomic E-state index is 12.6. The lowest BCUT2D eigenvalue weighted by molar-refractivity contribution is -0.137. The highest BCUT2D eigenvalue weighted by Crippen LogP contribution is 2.49. The number of ether oxygens (including phenoxy) is 1. The molecule has 148 valence electrons. The monoisotopic (exact) mass is 410 g/mol. The van der Waals surface area contributed by atoms with Gasteiger partial charge in [-0.25, -0.2) is 4.98 Å². The molecule has 28 heavy (non-hydrogen) atoms. The first-order valence-electron chi connectivity index (χ1n) is 8.71. The highest BCUT2D eigenvalue weighted by molar-refractivity contribution is 7.17. The topological polar surface area (TPSA) is 63.8 Å². The maximum atomic E-state index is 12.6. The van der Waals surface area contributed by atoms with E-state index in [1.807, 2.05) is 6.92 Å². The highest BCUT2D eigenvalue weighted by atomic mass is 32.1. The van der Waals surface area contributed by atoms with Crippen LogP contribution in [0.3, 0.4) is 0 Å². The average Bonchev–Trinajstić information content (AvgIpc) is 3.34. The molecule has 1 aliphatic carbocycles. The largest absolute Gasteiger partial charge is 0.487 e. The Labute approximate surface area is 162 Å². The molecule has 0 aliphatic heterocycles. The SMILES string of the molecule is Cc1sc2nc(COc3ccc(C(F)(F)F)cc3)cc(=O)n2c1[C@@H]1C[C@H]1CO. The first-order valence-corrected chi connectivity index (χ1v) is 9.52. The number of aryl methyl sites for hydroxylation is 1. The highest BCUT2D eigenvalue weighted by Gasteiger charge is 2.41. The van der Waals surface area contributed by atoms with Crippen LogP contribution in [0, 0.1) is 12.8 Å². The number of aliphatic hydroxyl groups excluding tert-OH is 1. The van der Waals surface area contributed by atoms with Crippen molar-refractivity contribution in [1.29, 1.82) is 0 Å². The van der Waals surface area contributed by atoms with E-state index < -0.39 is 11.7 Å². The Balaban J connectivity index is 1.55. The third-order valence-corrected chi connectivity index (χ3v) is 5.84. The van der Waals surface area contributed by atoms with E-state index in [4.69, 9.17) is 4.74 Å².